The van der Waals surface area contributed by atoms with Crippen LogP contribution in [0.3, 0.4) is 0 Å². The molecule has 0 bridgehead atoms. The lowest BCUT2D eigenvalue weighted by molar-refractivity contribution is -0.118. The summed E-state index contributed by atoms with van der Waals surface area (Å²) >= 11 is 5.85. The smallest absolute Gasteiger partial charge is 0.262 e. The van der Waals surface area contributed by atoms with E-state index < -0.39 is 0 Å². The summed E-state index contributed by atoms with van der Waals surface area (Å²) < 4.78 is 18.6. The summed E-state index contributed by atoms with van der Waals surface area (Å²) in [5.41, 5.74) is 3.13. The van der Waals surface area contributed by atoms with Crippen molar-refractivity contribution < 1.29 is 19.0 Å². The van der Waals surface area contributed by atoms with Gasteiger partial charge in [0.2, 0.25) is 0 Å². The molecule has 31 heavy (non-hydrogen) atoms. The molecule has 8 heteroatoms. The SMILES string of the molecule is O=C(COc1ccc(Cl)cc1)Nc1ccc2nc(-c3ccc4c(c3)OCCO4)cn2c1. The van der Waals surface area contributed by atoms with Crippen LogP contribution in [0.5, 0.6) is 17.2 Å². The summed E-state index contributed by atoms with van der Waals surface area (Å²) in [5.74, 6) is 1.77. The molecule has 0 saturated heterocycles. The van der Waals surface area contributed by atoms with Gasteiger partial charge in [-0.3, -0.25) is 4.79 Å². The van der Waals surface area contributed by atoms with Crippen molar-refractivity contribution in [1.29, 1.82) is 0 Å². The van der Waals surface area contributed by atoms with E-state index >= 15 is 0 Å². The van der Waals surface area contributed by atoms with Crippen LogP contribution >= 0.6 is 11.6 Å². The largest absolute Gasteiger partial charge is 0.486 e. The zero-order valence-corrected chi connectivity index (χ0v) is 17.1. The molecule has 2 aromatic carbocycles. The Labute approximate surface area is 183 Å². The topological polar surface area (TPSA) is 74.1 Å². The molecule has 1 aliphatic rings. The van der Waals surface area contributed by atoms with E-state index in [-0.39, 0.29) is 12.5 Å². The number of pyridine rings is 1. The highest BCUT2D eigenvalue weighted by atomic mass is 35.5. The Balaban J connectivity index is 1.29. The van der Waals surface area contributed by atoms with Gasteiger partial charge in [0, 0.05) is 23.0 Å². The molecule has 1 N–H and O–H groups in total. The maximum Gasteiger partial charge on any atom is 0.262 e. The summed E-state index contributed by atoms with van der Waals surface area (Å²) in [6.07, 6.45) is 3.71. The molecule has 0 radical (unpaired) electrons. The van der Waals surface area contributed by atoms with Crippen molar-refractivity contribution in [1.82, 2.24) is 9.38 Å². The molecule has 0 fully saturated rings. The Hall–Kier alpha value is -3.71. The van der Waals surface area contributed by atoms with Crippen LogP contribution in [-0.4, -0.2) is 35.1 Å². The first kappa shape index (κ1) is 19.3. The molecule has 0 saturated carbocycles. The number of rotatable bonds is 5. The third-order valence-electron chi connectivity index (χ3n) is 4.76. The number of anilines is 1. The van der Waals surface area contributed by atoms with E-state index in [0.717, 1.165) is 28.4 Å². The number of hydrogen-bond donors (Lipinski definition) is 1. The zero-order valence-electron chi connectivity index (χ0n) is 16.4. The van der Waals surface area contributed by atoms with Crippen LogP contribution in [0.4, 0.5) is 5.69 Å². The predicted molar refractivity (Wildman–Crippen MR) is 117 cm³/mol. The minimum atomic E-state index is -0.263. The molecule has 2 aromatic heterocycles. The number of halogens is 1. The molecular weight excluding hydrogens is 418 g/mol. The lowest BCUT2D eigenvalue weighted by atomic mass is 10.1. The van der Waals surface area contributed by atoms with Crippen LogP contribution in [0.15, 0.2) is 67.0 Å². The number of nitrogens with one attached hydrogen (secondary N) is 1. The molecule has 0 atom stereocenters. The Morgan fingerprint density at radius 1 is 1.03 bits per heavy atom. The number of imidazole rings is 1. The average molecular weight is 436 g/mol. The number of amides is 1. The lowest BCUT2D eigenvalue weighted by Crippen LogP contribution is -2.20. The molecule has 0 spiro atoms. The minimum Gasteiger partial charge on any atom is -0.486 e. The second kappa shape index (κ2) is 8.20. The fourth-order valence-electron chi connectivity index (χ4n) is 3.28. The Morgan fingerprint density at radius 2 is 1.84 bits per heavy atom. The van der Waals surface area contributed by atoms with Crippen molar-refractivity contribution in [3.8, 4) is 28.5 Å². The normalized spacial score (nSPS) is 12.5. The van der Waals surface area contributed by atoms with Gasteiger partial charge in [-0.25, -0.2) is 4.98 Å². The molecule has 5 rings (SSSR count). The molecular formula is C23H18ClN3O4. The maximum atomic E-state index is 12.2. The molecule has 3 heterocycles. The van der Waals surface area contributed by atoms with Gasteiger partial charge in [0.15, 0.2) is 18.1 Å². The number of carbonyl (C=O) groups excluding carboxylic acids is 1. The summed E-state index contributed by atoms with van der Waals surface area (Å²) in [7, 11) is 0. The Morgan fingerprint density at radius 3 is 2.68 bits per heavy atom. The van der Waals surface area contributed by atoms with Crippen molar-refractivity contribution in [2.24, 2.45) is 0 Å². The fourth-order valence-corrected chi connectivity index (χ4v) is 3.41. The van der Waals surface area contributed by atoms with E-state index in [9.17, 15) is 4.79 Å². The molecule has 0 unspecified atom stereocenters. The van der Waals surface area contributed by atoms with Crippen LogP contribution in [0.25, 0.3) is 16.9 Å². The number of hydrogen-bond acceptors (Lipinski definition) is 5. The van der Waals surface area contributed by atoms with E-state index in [1.165, 1.54) is 0 Å². The van der Waals surface area contributed by atoms with Gasteiger partial charge in [0.25, 0.3) is 5.91 Å². The molecule has 4 aromatic rings. The van der Waals surface area contributed by atoms with E-state index in [4.69, 9.17) is 25.8 Å². The van der Waals surface area contributed by atoms with Gasteiger partial charge in [-0.15, -0.1) is 0 Å². The molecule has 156 valence electrons. The highest BCUT2D eigenvalue weighted by Gasteiger charge is 2.14. The highest BCUT2D eigenvalue weighted by molar-refractivity contribution is 6.30. The molecule has 7 nitrogen and oxygen atoms in total. The lowest BCUT2D eigenvalue weighted by Gasteiger charge is -2.18. The van der Waals surface area contributed by atoms with Crippen LogP contribution in [0, 0.1) is 0 Å². The van der Waals surface area contributed by atoms with Crippen LogP contribution in [0.1, 0.15) is 0 Å². The van der Waals surface area contributed by atoms with Gasteiger partial charge in [0.1, 0.15) is 24.6 Å². The van der Waals surface area contributed by atoms with Crippen molar-refractivity contribution in [2.45, 2.75) is 0 Å². The second-order valence-corrected chi connectivity index (χ2v) is 7.40. The van der Waals surface area contributed by atoms with Gasteiger partial charge in [-0.2, -0.15) is 0 Å². The maximum absolute atomic E-state index is 12.2. The van der Waals surface area contributed by atoms with E-state index in [1.807, 2.05) is 41.1 Å². The van der Waals surface area contributed by atoms with E-state index in [2.05, 4.69) is 10.3 Å². The van der Waals surface area contributed by atoms with Gasteiger partial charge in [-0.1, -0.05) is 11.6 Å². The second-order valence-electron chi connectivity index (χ2n) is 6.96. The van der Waals surface area contributed by atoms with Crippen LogP contribution in [0.2, 0.25) is 5.02 Å². The minimum absolute atomic E-state index is 0.105. The third-order valence-corrected chi connectivity index (χ3v) is 5.01. The Kier molecular flexibility index (Phi) is 5.09. The average Bonchev–Trinajstić information content (AvgIpc) is 3.22. The first-order valence-corrected chi connectivity index (χ1v) is 10.1. The number of carbonyl (C=O) groups is 1. The number of nitrogens with zero attached hydrogens (tertiary/aromatic N) is 2. The van der Waals surface area contributed by atoms with Crippen molar-refractivity contribution in [2.75, 3.05) is 25.1 Å². The number of fused-ring (bicyclic) bond motifs is 2. The van der Waals surface area contributed by atoms with Gasteiger partial charge < -0.3 is 23.9 Å². The highest BCUT2D eigenvalue weighted by Crippen LogP contribution is 2.34. The van der Waals surface area contributed by atoms with E-state index in [1.54, 1.807) is 30.3 Å². The van der Waals surface area contributed by atoms with Gasteiger partial charge in [0.05, 0.1) is 11.4 Å². The first-order chi connectivity index (χ1) is 15.1. The fraction of sp³-hybridized carbons (Fsp3) is 0.130. The summed E-state index contributed by atoms with van der Waals surface area (Å²) in [6.45, 7) is 0.985. The summed E-state index contributed by atoms with van der Waals surface area (Å²) in [6, 6.07) is 16.3. The van der Waals surface area contributed by atoms with E-state index in [0.29, 0.717) is 29.7 Å². The van der Waals surface area contributed by atoms with Crippen molar-refractivity contribution in [3.05, 3.63) is 72.0 Å². The monoisotopic (exact) mass is 435 g/mol. The van der Waals surface area contributed by atoms with Crippen LogP contribution < -0.4 is 19.5 Å². The van der Waals surface area contributed by atoms with Crippen molar-refractivity contribution in [3.63, 3.8) is 0 Å². The third kappa shape index (κ3) is 4.27. The van der Waals surface area contributed by atoms with Crippen molar-refractivity contribution >= 4 is 28.8 Å². The molecule has 0 aliphatic carbocycles. The quantitative estimate of drug-likeness (QED) is 0.501. The number of aromatic nitrogens is 2. The number of ether oxygens (including phenoxy) is 3. The van der Waals surface area contributed by atoms with Gasteiger partial charge >= 0.3 is 0 Å². The zero-order chi connectivity index (χ0) is 21.2. The molecule has 1 aliphatic heterocycles. The molecule has 1 amide bonds. The Bertz CT molecular complexity index is 1250. The first-order valence-electron chi connectivity index (χ1n) is 9.71. The van der Waals surface area contributed by atoms with Crippen LogP contribution in [-0.2, 0) is 4.79 Å². The predicted octanol–water partition coefficient (Wildman–Crippen LogP) is 4.44. The number of benzene rings is 2. The summed E-state index contributed by atoms with van der Waals surface area (Å²) in [4.78, 5) is 16.9. The summed E-state index contributed by atoms with van der Waals surface area (Å²) in [5, 5.41) is 3.44. The van der Waals surface area contributed by atoms with Gasteiger partial charge in [-0.05, 0) is 54.6 Å². The standard InChI is InChI=1S/C23H18ClN3O4/c24-16-2-5-18(6-3-16)31-14-23(28)25-17-4-8-22-26-19(13-27(22)12-17)15-1-7-20-21(11-15)30-10-9-29-20/h1-8,11-13H,9-10,14H2,(H,25,28).